The zero-order chi connectivity index (χ0) is 13.6. The van der Waals surface area contributed by atoms with Crippen LogP contribution in [0.2, 0.25) is 0 Å². The van der Waals surface area contributed by atoms with E-state index in [1.165, 1.54) is 12.0 Å². The molecular formula is C17H27NO. The second-order valence-corrected chi connectivity index (χ2v) is 5.60. The molecule has 2 nitrogen and oxygen atoms in total. The minimum Gasteiger partial charge on any atom is -0.370 e. The Kier molecular flexibility index (Phi) is 5.41. The molecular weight excluding hydrogens is 234 g/mol. The van der Waals surface area contributed by atoms with Crippen LogP contribution in [0.5, 0.6) is 0 Å². The fourth-order valence-electron chi connectivity index (χ4n) is 3.14. The van der Waals surface area contributed by atoms with Crippen molar-refractivity contribution in [2.75, 3.05) is 13.2 Å². The lowest BCUT2D eigenvalue weighted by Crippen LogP contribution is -2.45. The highest BCUT2D eigenvalue weighted by atomic mass is 16.5. The minimum atomic E-state index is -0.0698. The van der Waals surface area contributed by atoms with Gasteiger partial charge in [0.1, 0.15) is 0 Å². The molecule has 19 heavy (non-hydrogen) atoms. The van der Waals surface area contributed by atoms with Gasteiger partial charge in [0.05, 0.1) is 5.60 Å². The first-order valence-corrected chi connectivity index (χ1v) is 7.73. The molecule has 1 aromatic rings. The molecule has 0 aliphatic carbocycles. The van der Waals surface area contributed by atoms with Gasteiger partial charge in [0, 0.05) is 12.6 Å². The van der Waals surface area contributed by atoms with E-state index < -0.39 is 0 Å². The largest absolute Gasteiger partial charge is 0.370 e. The summed E-state index contributed by atoms with van der Waals surface area (Å²) in [6.07, 6.45) is 5.71. The van der Waals surface area contributed by atoms with Gasteiger partial charge in [-0.3, -0.25) is 0 Å². The Bertz CT molecular complexity index is 361. The van der Waals surface area contributed by atoms with E-state index in [9.17, 15) is 0 Å². The van der Waals surface area contributed by atoms with Gasteiger partial charge >= 0.3 is 0 Å². The predicted molar refractivity (Wildman–Crippen MR) is 80.3 cm³/mol. The summed E-state index contributed by atoms with van der Waals surface area (Å²) in [5.41, 5.74) is 1.28. The predicted octanol–water partition coefficient (Wildman–Crippen LogP) is 3.86. The molecule has 106 valence electrons. The molecule has 0 amide bonds. The molecule has 1 fully saturated rings. The Morgan fingerprint density at radius 2 is 2.00 bits per heavy atom. The highest BCUT2D eigenvalue weighted by Gasteiger charge is 2.38. The van der Waals surface area contributed by atoms with Gasteiger partial charge in [0.25, 0.3) is 0 Å². The monoisotopic (exact) mass is 261 g/mol. The van der Waals surface area contributed by atoms with E-state index in [0.29, 0.717) is 6.04 Å². The van der Waals surface area contributed by atoms with Crippen LogP contribution in [0.3, 0.4) is 0 Å². The molecule has 1 heterocycles. The molecule has 2 heteroatoms. The van der Waals surface area contributed by atoms with Crippen LogP contribution in [-0.2, 0) is 10.3 Å². The molecule has 1 aliphatic heterocycles. The topological polar surface area (TPSA) is 21.3 Å². The minimum absolute atomic E-state index is 0.0698. The molecule has 0 spiro atoms. The summed E-state index contributed by atoms with van der Waals surface area (Å²) in [5, 5.41) is 3.67. The number of hydrogen-bond acceptors (Lipinski definition) is 2. The molecule has 2 atom stereocenters. The highest BCUT2D eigenvalue weighted by Crippen LogP contribution is 2.39. The van der Waals surface area contributed by atoms with Crippen molar-refractivity contribution in [3.63, 3.8) is 0 Å². The van der Waals surface area contributed by atoms with Crippen LogP contribution in [0.1, 0.15) is 51.5 Å². The highest BCUT2D eigenvalue weighted by molar-refractivity contribution is 5.23. The zero-order valence-electron chi connectivity index (χ0n) is 12.3. The zero-order valence-corrected chi connectivity index (χ0v) is 12.3. The maximum absolute atomic E-state index is 6.26. The van der Waals surface area contributed by atoms with Crippen molar-refractivity contribution in [2.45, 2.75) is 57.6 Å². The molecule has 2 rings (SSSR count). The summed E-state index contributed by atoms with van der Waals surface area (Å²) in [7, 11) is 0. The first-order valence-electron chi connectivity index (χ1n) is 7.73. The lowest BCUT2D eigenvalue weighted by molar-refractivity contribution is -0.100. The van der Waals surface area contributed by atoms with E-state index in [4.69, 9.17) is 4.74 Å². The van der Waals surface area contributed by atoms with Crippen LogP contribution in [0.4, 0.5) is 0 Å². The van der Waals surface area contributed by atoms with Gasteiger partial charge < -0.3 is 10.1 Å². The Morgan fingerprint density at radius 3 is 2.68 bits per heavy atom. The van der Waals surface area contributed by atoms with E-state index in [0.717, 1.165) is 38.8 Å². The van der Waals surface area contributed by atoms with Gasteiger partial charge in [0.2, 0.25) is 0 Å². The number of hydrogen-bond donors (Lipinski definition) is 1. The molecule has 1 aliphatic rings. The molecule has 0 radical (unpaired) electrons. The summed E-state index contributed by atoms with van der Waals surface area (Å²) in [6, 6.07) is 11.4. The average molecular weight is 261 g/mol. The quantitative estimate of drug-likeness (QED) is 0.839. The van der Waals surface area contributed by atoms with Crippen LogP contribution in [0.15, 0.2) is 30.3 Å². The maximum atomic E-state index is 6.26. The first-order chi connectivity index (χ1) is 9.30. The second-order valence-electron chi connectivity index (χ2n) is 5.60. The van der Waals surface area contributed by atoms with Crippen LogP contribution < -0.4 is 5.32 Å². The lowest BCUT2D eigenvalue weighted by atomic mass is 9.81. The van der Waals surface area contributed by atoms with Crippen molar-refractivity contribution in [3.8, 4) is 0 Å². The second kappa shape index (κ2) is 7.06. The molecule has 0 aromatic heterocycles. The maximum Gasteiger partial charge on any atom is 0.0946 e. The number of nitrogens with one attached hydrogen (secondary N) is 1. The molecule has 1 aromatic carbocycles. The Balaban J connectivity index is 2.14. The van der Waals surface area contributed by atoms with Crippen LogP contribution in [0, 0.1) is 0 Å². The van der Waals surface area contributed by atoms with E-state index >= 15 is 0 Å². The van der Waals surface area contributed by atoms with Gasteiger partial charge in [-0.15, -0.1) is 0 Å². The van der Waals surface area contributed by atoms with Crippen LogP contribution in [0.25, 0.3) is 0 Å². The van der Waals surface area contributed by atoms with Gasteiger partial charge in [0.15, 0.2) is 0 Å². The number of rotatable bonds is 6. The molecule has 0 saturated carbocycles. The first kappa shape index (κ1) is 14.5. The SMILES string of the molecule is CCCNC1CCOC(CCC)(c2ccccc2)C1. The van der Waals surface area contributed by atoms with Gasteiger partial charge in [-0.05, 0) is 37.8 Å². The number of ether oxygens (including phenoxy) is 1. The molecule has 1 saturated heterocycles. The molecule has 1 N–H and O–H groups in total. The van der Waals surface area contributed by atoms with Crippen LogP contribution in [-0.4, -0.2) is 19.2 Å². The number of benzene rings is 1. The van der Waals surface area contributed by atoms with Crippen molar-refractivity contribution >= 4 is 0 Å². The third kappa shape index (κ3) is 3.58. The van der Waals surface area contributed by atoms with Crippen molar-refractivity contribution in [3.05, 3.63) is 35.9 Å². The van der Waals surface area contributed by atoms with Gasteiger partial charge in [-0.1, -0.05) is 50.6 Å². The van der Waals surface area contributed by atoms with E-state index in [1.807, 2.05) is 0 Å². The van der Waals surface area contributed by atoms with Crippen molar-refractivity contribution in [1.29, 1.82) is 0 Å². The summed E-state index contributed by atoms with van der Waals surface area (Å²) >= 11 is 0. The Labute approximate surface area is 117 Å². The fraction of sp³-hybridized carbons (Fsp3) is 0.647. The van der Waals surface area contributed by atoms with Crippen molar-refractivity contribution in [1.82, 2.24) is 5.32 Å². The van der Waals surface area contributed by atoms with Crippen molar-refractivity contribution in [2.24, 2.45) is 0 Å². The van der Waals surface area contributed by atoms with Crippen LogP contribution >= 0.6 is 0 Å². The standard InChI is InChI=1S/C17H27NO/c1-3-11-17(15-8-6-5-7-9-15)14-16(10-13-19-17)18-12-4-2/h5-9,16,18H,3-4,10-14H2,1-2H3. The Hall–Kier alpha value is -0.860. The Morgan fingerprint density at radius 1 is 1.21 bits per heavy atom. The smallest absolute Gasteiger partial charge is 0.0946 e. The normalized spacial score (nSPS) is 27.4. The fourth-order valence-corrected chi connectivity index (χ4v) is 3.14. The van der Waals surface area contributed by atoms with E-state index in [1.54, 1.807) is 0 Å². The summed E-state index contributed by atoms with van der Waals surface area (Å²) in [6.45, 7) is 6.46. The molecule has 2 unspecified atom stereocenters. The average Bonchev–Trinajstić information content (AvgIpc) is 2.47. The van der Waals surface area contributed by atoms with Gasteiger partial charge in [-0.25, -0.2) is 0 Å². The summed E-state index contributed by atoms with van der Waals surface area (Å²) < 4.78 is 6.26. The summed E-state index contributed by atoms with van der Waals surface area (Å²) in [4.78, 5) is 0. The molecule has 0 bridgehead atoms. The van der Waals surface area contributed by atoms with E-state index in [-0.39, 0.29) is 5.60 Å². The summed E-state index contributed by atoms with van der Waals surface area (Å²) in [5.74, 6) is 0. The van der Waals surface area contributed by atoms with E-state index in [2.05, 4.69) is 49.5 Å². The third-order valence-corrected chi connectivity index (χ3v) is 4.06. The third-order valence-electron chi connectivity index (χ3n) is 4.06. The van der Waals surface area contributed by atoms with Crippen molar-refractivity contribution < 1.29 is 4.74 Å². The van der Waals surface area contributed by atoms with Gasteiger partial charge in [-0.2, -0.15) is 0 Å². The lowest BCUT2D eigenvalue weighted by Gasteiger charge is -2.42.